The van der Waals surface area contributed by atoms with Gasteiger partial charge in [-0.25, -0.2) is 0 Å². The van der Waals surface area contributed by atoms with Crippen LogP contribution in [0, 0.1) is 0 Å². The van der Waals surface area contributed by atoms with Crippen LogP contribution in [0.15, 0.2) is 91.0 Å². The molecule has 4 heteroatoms. The average Bonchev–Trinajstić information content (AvgIpc) is 2.81. The number of carboxylic acids is 1. The van der Waals surface area contributed by atoms with E-state index in [2.05, 4.69) is 107 Å². The zero-order valence-corrected chi connectivity index (χ0v) is 20.5. The first-order valence-electron chi connectivity index (χ1n) is 11.0. The van der Waals surface area contributed by atoms with Gasteiger partial charge >= 0.3 is 5.97 Å². The van der Waals surface area contributed by atoms with E-state index in [4.69, 9.17) is 5.11 Å². The van der Waals surface area contributed by atoms with Crippen LogP contribution < -0.4 is 15.9 Å². The molecule has 0 radical (unpaired) electrons. The topological polar surface area (TPSA) is 37.3 Å². The fourth-order valence-electron chi connectivity index (χ4n) is 3.26. The molecule has 0 aliphatic heterocycles. The summed E-state index contributed by atoms with van der Waals surface area (Å²) in [5, 5.41) is 13.6. The van der Waals surface area contributed by atoms with Gasteiger partial charge in [-0.15, -0.1) is 0 Å². The van der Waals surface area contributed by atoms with Gasteiger partial charge in [-0.05, 0) is 36.7 Å². The molecule has 0 amide bonds. The molecule has 3 aromatic rings. The minimum atomic E-state index is -0.671. The van der Waals surface area contributed by atoms with E-state index in [-0.39, 0.29) is 0 Å². The molecule has 0 unspecified atom stereocenters. The molecule has 3 aromatic carbocycles. The third-order valence-electron chi connectivity index (χ3n) is 4.82. The van der Waals surface area contributed by atoms with Crippen molar-refractivity contribution in [2.75, 3.05) is 5.33 Å². The number of hydrogen-bond acceptors (Lipinski definition) is 1. The summed E-state index contributed by atoms with van der Waals surface area (Å²) in [5.41, 5.74) is 0. The van der Waals surface area contributed by atoms with Crippen LogP contribution in [0.3, 0.4) is 0 Å². The number of carbonyl (C=O) groups is 1. The van der Waals surface area contributed by atoms with Gasteiger partial charge in [-0.2, -0.15) is 0 Å². The Kier molecular flexibility index (Phi) is 12.9. The summed E-state index contributed by atoms with van der Waals surface area (Å²) in [6.45, 7) is 0. The summed E-state index contributed by atoms with van der Waals surface area (Å²) in [7, 11) is -0.446. The molecule has 0 fully saturated rings. The van der Waals surface area contributed by atoms with E-state index in [1.807, 2.05) is 0 Å². The third-order valence-corrected chi connectivity index (χ3v) is 7.82. The van der Waals surface area contributed by atoms with Gasteiger partial charge in [-0.3, -0.25) is 4.79 Å². The van der Waals surface area contributed by atoms with Crippen molar-refractivity contribution in [3.8, 4) is 0 Å². The smallest absolute Gasteiger partial charge is 0.303 e. The van der Waals surface area contributed by atoms with Crippen molar-refractivity contribution in [1.29, 1.82) is 0 Å². The molecule has 31 heavy (non-hydrogen) atoms. The summed E-state index contributed by atoms with van der Waals surface area (Å²) >= 11 is 3.37. The van der Waals surface area contributed by atoms with Crippen LogP contribution in [-0.2, 0) is 4.79 Å². The molecule has 0 heterocycles. The molecule has 0 aromatic heterocycles. The van der Waals surface area contributed by atoms with Crippen molar-refractivity contribution in [2.45, 2.75) is 44.9 Å². The summed E-state index contributed by atoms with van der Waals surface area (Å²) in [5.74, 6) is -0.671. The van der Waals surface area contributed by atoms with Crippen LogP contribution in [0.5, 0.6) is 0 Å². The molecule has 2 nitrogen and oxygen atoms in total. The lowest BCUT2D eigenvalue weighted by molar-refractivity contribution is -0.137. The number of hydrogen-bond donors (Lipinski definition) is 1. The fourth-order valence-corrected chi connectivity index (χ4v) is 5.96. The average molecular weight is 499 g/mol. The van der Waals surface area contributed by atoms with Crippen LogP contribution in [-0.4, -0.2) is 16.4 Å². The van der Waals surface area contributed by atoms with Gasteiger partial charge in [0.2, 0.25) is 0 Å². The molecule has 164 valence electrons. The van der Waals surface area contributed by atoms with Crippen molar-refractivity contribution in [2.24, 2.45) is 0 Å². The van der Waals surface area contributed by atoms with E-state index in [0.717, 1.165) is 18.2 Å². The summed E-state index contributed by atoms with van der Waals surface area (Å²) in [6, 6.07) is 32.3. The van der Waals surface area contributed by atoms with Gasteiger partial charge in [0, 0.05) is 11.8 Å². The highest BCUT2D eigenvalue weighted by Crippen LogP contribution is 2.32. The van der Waals surface area contributed by atoms with E-state index in [1.165, 1.54) is 41.6 Å². The van der Waals surface area contributed by atoms with Gasteiger partial charge < -0.3 is 5.11 Å². The molecule has 0 aliphatic rings. The van der Waals surface area contributed by atoms with Crippen LogP contribution in [0.25, 0.3) is 0 Å². The highest BCUT2D eigenvalue weighted by Gasteiger charge is 2.14. The molecule has 0 bridgehead atoms. The maximum absolute atomic E-state index is 10.1. The third kappa shape index (κ3) is 10.3. The Hall–Kier alpha value is -1.96. The molecule has 3 rings (SSSR count). The zero-order chi connectivity index (χ0) is 22.2. The SMILES string of the molecule is O=C(O)CCCCCCCCBr.c1ccc(P(c2ccccc2)c2ccccc2)cc1. The van der Waals surface area contributed by atoms with Crippen molar-refractivity contribution < 1.29 is 9.90 Å². The lowest BCUT2D eigenvalue weighted by Gasteiger charge is -2.18. The van der Waals surface area contributed by atoms with E-state index in [1.54, 1.807) is 0 Å². The molecule has 0 saturated carbocycles. The van der Waals surface area contributed by atoms with Crippen molar-refractivity contribution >= 4 is 45.7 Å². The summed E-state index contributed by atoms with van der Waals surface area (Å²) in [6.07, 6.45) is 7.15. The number of aliphatic carboxylic acids is 1. The van der Waals surface area contributed by atoms with Gasteiger partial charge in [0.15, 0.2) is 0 Å². The lowest BCUT2D eigenvalue weighted by atomic mass is 10.1. The Bertz CT molecular complexity index is 747. The second kappa shape index (κ2) is 15.8. The Labute approximate surface area is 196 Å². The maximum atomic E-state index is 10.1. The van der Waals surface area contributed by atoms with Crippen molar-refractivity contribution in [3.05, 3.63) is 91.0 Å². The number of benzene rings is 3. The Morgan fingerprint density at radius 3 is 1.32 bits per heavy atom. The summed E-state index contributed by atoms with van der Waals surface area (Å²) < 4.78 is 0. The van der Waals surface area contributed by atoms with Crippen LogP contribution >= 0.6 is 23.9 Å². The van der Waals surface area contributed by atoms with Gasteiger partial charge in [0.25, 0.3) is 0 Å². The highest BCUT2D eigenvalue weighted by molar-refractivity contribution is 9.09. The normalized spacial score (nSPS) is 10.4. The van der Waals surface area contributed by atoms with Gasteiger partial charge in [0.1, 0.15) is 0 Å². The molecule has 1 N–H and O–H groups in total. The van der Waals surface area contributed by atoms with E-state index in [9.17, 15) is 4.79 Å². The second-order valence-corrected chi connectivity index (χ2v) is 10.3. The molecule has 0 atom stereocenters. The highest BCUT2D eigenvalue weighted by atomic mass is 79.9. The predicted molar refractivity (Wildman–Crippen MR) is 139 cm³/mol. The second-order valence-electron chi connectivity index (χ2n) is 7.30. The fraction of sp³-hybridized carbons (Fsp3) is 0.296. The quantitative estimate of drug-likeness (QED) is 0.182. The summed E-state index contributed by atoms with van der Waals surface area (Å²) in [4.78, 5) is 10.1. The monoisotopic (exact) mass is 498 g/mol. The van der Waals surface area contributed by atoms with E-state index < -0.39 is 13.9 Å². The lowest BCUT2D eigenvalue weighted by Crippen LogP contribution is -2.20. The molecule has 0 aliphatic carbocycles. The molecule has 0 spiro atoms. The molecule has 0 saturated heterocycles. The number of carboxylic acid groups (broad SMARTS) is 1. The first kappa shape index (κ1) is 25.3. The molecular weight excluding hydrogens is 467 g/mol. The van der Waals surface area contributed by atoms with Crippen LogP contribution in [0.4, 0.5) is 0 Å². The van der Waals surface area contributed by atoms with Crippen molar-refractivity contribution in [1.82, 2.24) is 0 Å². The van der Waals surface area contributed by atoms with Crippen molar-refractivity contribution in [3.63, 3.8) is 0 Å². The largest absolute Gasteiger partial charge is 0.481 e. The minimum Gasteiger partial charge on any atom is -0.481 e. The molecular formula is C27H32BrO2P. The van der Waals surface area contributed by atoms with Gasteiger partial charge in [0.05, 0.1) is 0 Å². The minimum absolute atomic E-state index is 0.332. The Morgan fingerprint density at radius 2 is 0.968 bits per heavy atom. The number of halogens is 1. The first-order valence-corrected chi connectivity index (χ1v) is 13.4. The standard InChI is InChI=1S/C18H15P.C9H17BrO2/c1-4-10-16(11-5-1)19(17-12-6-2-7-13-17)18-14-8-3-9-15-18;10-8-6-4-2-1-3-5-7-9(11)12/h1-15H;1-8H2,(H,11,12). The van der Waals surface area contributed by atoms with E-state index in [0.29, 0.717) is 6.42 Å². The maximum Gasteiger partial charge on any atom is 0.303 e. The zero-order valence-electron chi connectivity index (χ0n) is 18.0. The predicted octanol–water partition coefficient (Wildman–Crippen LogP) is 6.64. The number of rotatable bonds is 11. The number of unbranched alkanes of at least 4 members (excludes halogenated alkanes) is 5. The van der Waals surface area contributed by atoms with Crippen LogP contribution in [0.2, 0.25) is 0 Å². The number of alkyl halides is 1. The van der Waals surface area contributed by atoms with Gasteiger partial charge in [-0.1, -0.05) is 133 Å². The Morgan fingerprint density at radius 1 is 0.613 bits per heavy atom. The van der Waals surface area contributed by atoms with E-state index >= 15 is 0 Å². The Balaban J connectivity index is 0.000000248. The first-order chi connectivity index (χ1) is 15.2. The van der Waals surface area contributed by atoms with Crippen LogP contribution in [0.1, 0.15) is 44.9 Å².